The number of aliphatic hydroxyl groups excluding tert-OH is 1. The van der Waals surface area contributed by atoms with Crippen LogP contribution in [0.5, 0.6) is 0 Å². The van der Waals surface area contributed by atoms with Crippen LogP contribution in [0.3, 0.4) is 0 Å². The quantitative estimate of drug-likeness (QED) is 0.905. The predicted octanol–water partition coefficient (Wildman–Crippen LogP) is 1.41. The first-order chi connectivity index (χ1) is 9.69. The van der Waals surface area contributed by atoms with Crippen molar-refractivity contribution in [1.82, 2.24) is 14.3 Å². The third-order valence-corrected chi connectivity index (χ3v) is 4.92. The Morgan fingerprint density at radius 2 is 2.35 bits per heavy atom. The van der Waals surface area contributed by atoms with Gasteiger partial charge in [-0.3, -0.25) is 14.1 Å². The van der Waals surface area contributed by atoms with Crippen LogP contribution >= 0.6 is 11.3 Å². The van der Waals surface area contributed by atoms with E-state index in [1.807, 2.05) is 12.3 Å². The van der Waals surface area contributed by atoms with Crippen molar-refractivity contribution in [3.05, 3.63) is 33.2 Å². The fourth-order valence-corrected chi connectivity index (χ4v) is 3.55. The molecule has 2 aromatic rings. The van der Waals surface area contributed by atoms with Gasteiger partial charge < -0.3 is 5.11 Å². The molecule has 5 nitrogen and oxygen atoms in total. The maximum Gasteiger partial charge on any atom is 0.259 e. The minimum atomic E-state index is -0.0127. The van der Waals surface area contributed by atoms with Crippen LogP contribution in [0.25, 0.3) is 4.96 Å². The van der Waals surface area contributed by atoms with Crippen molar-refractivity contribution < 1.29 is 5.11 Å². The number of nitrogens with zero attached hydrogens (tertiary/aromatic N) is 3. The van der Waals surface area contributed by atoms with E-state index < -0.39 is 0 Å². The SMILES string of the molecule is Cc1csc2nc(CN(CCO)C3CCC3)cc(=O)n12. The monoisotopic (exact) mass is 293 g/mol. The molecule has 1 N–H and O–H groups in total. The summed E-state index contributed by atoms with van der Waals surface area (Å²) in [5.74, 6) is 0. The zero-order valence-electron chi connectivity index (χ0n) is 11.6. The molecule has 0 radical (unpaired) electrons. The topological polar surface area (TPSA) is 57.8 Å². The highest BCUT2D eigenvalue weighted by Gasteiger charge is 2.25. The smallest absolute Gasteiger partial charge is 0.259 e. The summed E-state index contributed by atoms with van der Waals surface area (Å²) < 4.78 is 1.65. The molecule has 1 fully saturated rings. The van der Waals surface area contributed by atoms with Crippen LogP contribution in [-0.2, 0) is 6.54 Å². The summed E-state index contributed by atoms with van der Waals surface area (Å²) in [5, 5.41) is 11.1. The van der Waals surface area contributed by atoms with Gasteiger partial charge in [-0.25, -0.2) is 4.98 Å². The van der Waals surface area contributed by atoms with Crippen molar-refractivity contribution in [2.75, 3.05) is 13.2 Å². The molecule has 2 heterocycles. The highest BCUT2D eigenvalue weighted by atomic mass is 32.1. The van der Waals surface area contributed by atoms with Crippen LogP contribution in [0.4, 0.5) is 0 Å². The van der Waals surface area contributed by atoms with Crippen LogP contribution in [0, 0.1) is 6.92 Å². The van der Waals surface area contributed by atoms with Gasteiger partial charge in [-0.05, 0) is 19.8 Å². The number of aliphatic hydroxyl groups is 1. The summed E-state index contributed by atoms with van der Waals surface area (Å²) in [6, 6.07) is 2.16. The van der Waals surface area contributed by atoms with Crippen molar-refractivity contribution in [3.8, 4) is 0 Å². The lowest BCUT2D eigenvalue weighted by molar-refractivity contribution is 0.0934. The number of hydrogen-bond acceptors (Lipinski definition) is 5. The molecule has 0 atom stereocenters. The van der Waals surface area contributed by atoms with E-state index in [2.05, 4.69) is 9.88 Å². The van der Waals surface area contributed by atoms with E-state index in [0.717, 1.165) is 16.3 Å². The standard InChI is InChI=1S/C14H19N3O2S/c1-10-9-20-14-15-11(7-13(19)17(10)14)8-16(5-6-18)12-3-2-4-12/h7,9,12,18H,2-6,8H2,1H3. The third-order valence-electron chi connectivity index (χ3n) is 3.97. The van der Waals surface area contributed by atoms with Gasteiger partial charge in [0.2, 0.25) is 0 Å². The van der Waals surface area contributed by atoms with Crippen LogP contribution in [0.1, 0.15) is 30.7 Å². The van der Waals surface area contributed by atoms with Crippen LogP contribution in [-0.4, -0.2) is 38.6 Å². The van der Waals surface area contributed by atoms with Gasteiger partial charge in [0.1, 0.15) is 0 Å². The van der Waals surface area contributed by atoms with Crippen LogP contribution < -0.4 is 5.56 Å². The average molecular weight is 293 g/mol. The fraction of sp³-hybridized carbons (Fsp3) is 0.571. The first-order valence-corrected chi connectivity index (χ1v) is 7.88. The Morgan fingerprint density at radius 3 is 3.00 bits per heavy atom. The summed E-state index contributed by atoms with van der Waals surface area (Å²) >= 11 is 1.49. The number of hydrogen-bond donors (Lipinski definition) is 1. The Bertz CT molecular complexity index is 660. The van der Waals surface area contributed by atoms with Gasteiger partial charge in [0.05, 0.1) is 12.3 Å². The van der Waals surface area contributed by atoms with E-state index in [1.165, 1.54) is 30.6 Å². The predicted molar refractivity (Wildman–Crippen MR) is 79.2 cm³/mol. The van der Waals surface area contributed by atoms with Crippen molar-refractivity contribution in [2.45, 2.75) is 38.8 Å². The van der Waals surface area contributed by atoms with Gasteiger partial charge in [-0.15, -0.1) is 11.3 Å². The van der Waals surface area contributed by atoms with E-state index in [4.69, 9.17) is 0 Å². The second-order valence-corrected chi connectivity index (χ2v) is 6.20. The second kappa shape index (κ2) is 5.63. The minimum absolute atomic E-state index is 0.0127. The molecule has 20 heavy (non-hydrogen) atoms. The highest BCUT2D eigenvalue weighted by Crippen LogP contribution is 2.25. The number of fused-ring (bicyclic) bond motifs is 1. The molecule has 108 valence electrons. The lowest BCUT2D eigenvalue weighted by Gasteiger charge is -2.36. The van der Waals surface area contributed by atoms with Crippen molar-refractivity contribution in [3.63, 3.8) is 0 Å². The molecule has 0 amide bonds. The largest absolute Gasteiger partial charge is 0.395 e. The van der Waals surface area contributed by atoms with E-state index in [-0.39, 0.29) is 12.2 Å². The van der Waals surface area contributed by atoms with E-state index in [9.17, 15) is 9.90 Å². The summed E-state index contributed by atoms with van der Waals surface area (Å²) in [6.07, 6.45) is 3.62. The molecule has 6 heteroatoms. The number of rotatable bonds is 5. The highest BCUT2D eigenvalue weighted by molar-refractivity contribution is 7.15. The normalized spacial score (nSPS) is 15.9. The molecule has 1 aliphatic carbocycles. The van der Waals surface area contributed by atoms with Crippen molar-refractivity contribution in [1.29, 1.82) is 0 Å². The first-order valence-electron chi connectivity index (χ1n) is 7.00. The summed E-state index contributed by atoms with van der Waals surface area (Å²) in [4.78, 5) is 19.7. The molecule has 1 aliphatic rings. The number of aryl methyl sites for hydroxylation is 1. The van der Waals surface area contributed by atoms with Gasteiger partial charge >= 0.3 is 0 Å². The molecule has 2 aromatic heterocycles. The third kappa shape index (κ3) is 2.51. The maximum atomic E-state index is 12.1. The Morgan fingerprint density at radius 1 is 1.55 bits per heavy atom. The van der Waals surface area contributed by atoms with Crippen molar-refractivity contribution >= 4 is 16.3 Å². The van der Waals surface area contributed by atoms with Gasteiger partial charge in [0.25, 0.3) is 5.56 Å². The number of thiazole rings is 1. The molecular formula is C14H19N3O2S. The molecule has 0 bridgehead atoms. The second-order valence-electron chi connectivity index (χ2n) is 5.36. The lowest BCUT2D eigenvalue weighted by atomic mass is 9.91. The summed E-state index contributed by atoms with van der Waals surface area (Å²) in [5.41, 5.74) is 1.72. The van der Waals surface area contributed by atoms with E-state index in [0.29, 0.717) is 19.1 Å². The van der Waals surface area contributed by atoms with E-state index in [1.54, 1.807) is 10.5 Å². The lowest BCUT2D eigenvalue weighted by Crippen LogP contribution is -2.41. The molecule has 0 saturated heterocycles. The number of aromatic nitrogens is 2. The molecule has 3 rings (SSSR count). The summed E-state index contributed by atoms with van der Waals surface area (Å²) in [7, 11) is 0. The molecule has 0 unspecified atom stereocenters. The zero-order chi connectivity index (χ0) is 14.1. The Hall–Kier alpha value is -1.24. The van der Waals surface area contributed by atoms with Crippen molar-refractivity contribution in [2.24, 2.45) is 0 Å². The summed E-state index contributed by atoms with van der Waals surface area (Å²) in [6.45, 7) is 3.36. The molecule has 0 aromatic carbocycles. The van der Waals surface area contributed by atoms with E-state index >= 15 is 0 Å². The Labute approximate surface area is 121 Å². The molecule has 1 saturated carbocycles. The van der Waals surface area contributed by atoms with Gasteiger partial charge in [0.15, 0.2) is 4.96 Å². The van der Waals surface area contributed by atoms with Gasteiger partial charge in [-0.1, -0.05) is 6.42 Å². The van der Waals surface area contributed by atoms with Crippen LogP contribution in [0.2, 0.25) is 0 Å². The van der Waals surface area contributed by atoms with Gasteiger partial charge in [-0.2, -0.15) is 0 Å². The van der Waals surface area contributed by atoms with Crippen LogP contribution in [0.15, 0.2) is 16.2 Å². The fourth-order valence-electron chi connectivity index (χ4n) is 2.66. The van der Waals surface area contributed by atoms with Gasteiger partial charge in [0, 0.05) is 36.3 Å². The maximum absolute atomic E-state index is 12.1. The Balaban J connectivity index is 1.87. The Kier molecular flexibility index (Phi) is 3.87. The minimum Gasteiger partial charge on any atom is -0.395 e. The zero-order valence-corrected chi connectivity index (χ0v) is 12.4. The average Bonchev–Trinajstić information content (AvgIpc) is 2.69. The molecule has 0 spiro atoms. The molecular weight excluding hydrogens is 274 g/mol. The first kappa shape index (κ1) is 13.7. The molecule has 0 aliphatic heterocycles.